The quantitative estimate of drug-likeness (QED) is 0.854. The minimum atomic E-state index is 0.427. The lowest BCUT2D eigenvalue weighted by Gasteiger charge is -2.25. The van der Waals surface area contributed by atoms with E-state index in [1.165, 1.54) is 48.7 Å². The minimum Gasteiger partial charge on any atom is -0.308 e. The largest absolute Gasteiger partial charge is 0.308 e. The van der Waals surface area contributed by atoms with Gasteiger partial charge in [0.25, 0.3) is 0 Å². The molecular weight excluding hydrogens is 256 g/mol. The van der Waals surface area contributed by atoms with Gasteiger partial charge in [-0.3, -0.25) is 4.98 Å². The normalized spacial score (nSPS) is 17.4. The van der Waals surface area contributed by atoms with Gasteiger partial charge in [-0.05, 0) is 56.3 Å². The second-order valence-electron chi connectivity index (χ2n) is 6.36. The summed E-state index contributed by atoms with van der Waals surface area (Å²) < 4.78 is 0. The number of aromatic nitrogens is 1. The van der Waals surface area contributed by atoms with E-state index in [4.69, 9.17) is 4.98 Å². The van der Waals surface area contributed by atoms with E-state index in [0.717, 1.165) is 18.0 Å². The Morgan fingerprint density at radius 3 is 2.76 bits per heavy atom. The van der Waals surface area contributed by atoms with Crippen LogP contribution in [0.1, 0.15) is 56.3 Å². The van der Waals surface area contributed by atoms with Gasteiger partial charge in [0.15, 0.2) is 0 Å². The third kappa shape index (κ3) is 3.11. The molecule has 0 bridgehead atoms. The summed E-state index contributed by atoms with van der Waals surface area (Å²) in [5, 5.41) is 5.04. The van der Waals surface area contributed by atoms with Gasteiger partial charge in [0, 0.05) is 5.39 Å². The number of rotatable bonds is 5. The summed E-state index contributed by atoms with van der Waals surface area (Å²) in [4.78, 5) is 4.97. The highest BCUT2D eigenvalue weighted by molar-refractivity contribution is 5.82. The maximum Gasteiger partial charge on any atom is 0.0708 e. The fourth-order valence-electron chi connectivity index (χ4n) is 3.64. The molecule has 0 saturated heterocycles. The molecular formula is C19H26N2. The fourth-order valence-corrected chi connectivity index (χ4v) is 3.64. The number of hydrogen-bond donors (Lipinski definition) is 1. The van der Waals surface area contributed by atoms with E-state index in [2.05, 4.69) is 49.5 Å². The van der Waals surface area contributed by atoms with Gasteiger partial charge in [-0.2, -0.15) is 0 Å². The van der Waals surface area contributed by atoms with Crippen LogP contribution in [0.4, 0.5) is 0 Å². The van der Waals surface area contributed by atoms with Crippen LogP contribution >= 0.6 is 0 Å². The molecule has 1 aliphatic carbocycles. The van der Waals surface area contributed by atoms with Crippen molar-refractivity contribution in [2.45, 2.75) is 52.0 Å². The Kier molecular flexibility index (Phi) is 4.54. The second kappa shape index (κ2) is 6.57. The van der Waals surface area contributed by atoms with Gasteiger partial charge in [0.2, 0.25) is 0 Å². The highest BCUT2D eigenvalue weighted by Gasteiger charge is 2.27. The lowest BCUT2D eigenvalue weighted by Crippen LogP contribution is -2.28. The van der Waals surface area contributed by atoms with Crippen molar-refractivity contribution in [3.05, 3.63) is 41.6 Å². The molecule has 0 aliphatic heterocycles. The van der Waals surface area contributed by atoms with Gasteiger partial charge in [-0.1, -0.05) is 38.0 Å². The summed E-state index contributed by atoms with van der Waals surface area (Å²) in [6.45, 7) is 5.52. The Balaban J connectivity index is 1.97. The van der Waals surface area contributed by atoms with Gasteiger partial charge >= 0.3 is 0 Å². The molecule has 2 heteroatoms. The van der Waals surface area contributed by atoms with Crippen LogP contribution in [0, 0.1) is 12.8 Å². The lowest BCUT2D eigenvalue weighted by molar-refractivity contribution is 0.362. The first kappa shape index (κ1) is 14.5. The number of nitrogens with one attached hydrogen (secondary N) is 1. The van der Waals surface area contributed by atoms with Crippen LogP contribution in [0.3, 0.4) is 0 Å². The van der Waals surface area contributed by atoms with Gasteiger partial charge in [-0.15, -0.1) is 0 Å². The molecule has 1 aromatic carbocycles. The second-order valence-corrected chi connectivity index (χ2v) is 6.36. The maximum absolute atomic E-state index is 4.97. The van der Waals surface area contributed by atoms with Crippen molar-refractivity contribution < 1.29 is 0 Å². The number of fused-ring (bicyclic) bond motifs is 1. The number of hydrogen-bond acceptors (Lipinski definition) is 2. The zero-order chi connectivity index (χ0) is 14.7. The summed E-state index contributed by atoms with van der Waals surface area (Å²) >= 11 is 0. The number of para-hydroxylation sites is 1. The minimum absolute atomic E-state index is 0.427. The summed E-state index contributed by atoms with van der Waals surface area (Å²) in [5.41, 5.74) is 3.72. The van der Waals surface area contributed by atoms with Crippen molar-refractivity contribution in [1.82, 2.24) is 10.3 Å². The van der Waals surface area contributed by atoms with Crippen molar-refractivity contribution in [2.75, 3.05) is 6.54 Å². The maximum atomic E-state index is 4.97. The standard InChI is InChI=1S/C19H26N2/c1-3-12-20-19(15-8-4-5-9-15)18-13-14(2)16-10-6-7-11-17(16)21-18/h6-7,10-11,13,15,19-20H,3-5,8-9,12H2,1-2H3. The molecule has 1 aromatic heterocycles. The van der Waals surface area contributed by atoms with Crippen LogP contribution in [0.2, 0.25) is 0 Å². The third-order valence-electron chi connectivity index (χ3n) is 4.75. The molecule has 1 atom stereocenters. The molecule has 112 valence electrons. The van der Waals surface area contributed by atoms with Crippen LogP contribution in [-0.4, -0.2) is 11.5 Å². The number of nitrogens with zero attached hydrogens (tertiary/aromatic N) is 1. The van der Waals surface area contributed by atoms with Crippen molar-refractivity contribution in [1.29, 1.82) is 0 Å². The molecule has 1 saturated carbocycles. The van der Waals surface area contributed by atoms with E-state index < -0.39 is 0 Å². The van der Waals surface area contributed by atoms with Crippen molar-refractivity contribution >= 4 is 10.9 Å². The molecule has 1 fully saturated rings. The Bertz CT molecular complexity index is 600. The number of aryl methyl sites for hydroxylation is 1. The molecule has 1 heterocycles. The van der Waals surface area contributed by atoms with E-state index in [1.807, 2.05) is 0 Å². The molecule has 1 N–H and O–H groups in total. The molecule has 0 spiro atoms. The Morgan fingerprint density at radius 2 is 2.00 bits per heavy atom. The molecule has 1 unspecified atom stereocenters. The van der Waals surface area contributed by atoms with E-state index in [-0.39, 0.29) is 0 Å². The fraction of sp³-hybridized carbons (Fsp3) is 0.526. The van der Waals surface area contributed by atoms with E-state index in [0.29, 0.717) is 6.04 Å². The van der Waals surface area contributed by atoms with E-state index in [1.54, 1.807) is 0 Å². The number of benzene rings is 1. The summed E-state index contributed by atoms with van der Waals surface area (Å²) in [6.07, 6.45) is 6.61. The van der Waals surface area contributed by atoms with E-state index >= 15 is 0 Å². The molecule has 21 heavy (non-hydrogen) atoms. The highest BCUT2D eigenvalue weighted by Crippen LogP contribution is 2.36. The Hall–Kier alpha value is -1.41. The smallest absolute Gasteiger partial charge is 0.0708 e. The van der Waals surface area contributed by atoms with Crippen LogP contribution < -0.4 is 5.32 Å². The first-order valence-electron chi connectivity index (χ1n) is 8.39. The van der Waals surface area contributed by atoms with Gasteiger partial charge < -0.3 is 5.32 Å². The summed E-state index contributed by atoms with van der Waals surface area (Å²) in [6, 6.07) is 11.2. The molecule has 1 aliphatic rings. The van der Waals surface area contributed by atoms with Crippen LogP contribution in [0.5, 0.6) is 0 Å². The topological polar surface area (TPSA) is 24.9 Å². The summed E-state index contributed by atoms with van der Waals surface area (Å²) in [7, 11) is 0. The van der Waals surface area contributed by atoms with Crippen molar-refractivity contribution in [3.63, 3.8) is 0 Å². The average molecular weight is 282 g/mol. The first-order valence-corrected chi connectivity index (χ1v) is 8.39. The SMILES string of the molecule is CCCNC(c1cc(C)c2ccccc2n1)C1CCCC1. The molecule has 2 aromatic rings. The van der Waals surface area contributed by atoms with Gasteiger partial charge in [0.05, 0.1) is 17.3 Å². The Labute approximate surface area is 128 Å². The number of pyridine rings is 1. The predicted molar refractivity (Wildman–Crippen MR) is 89.5 cm³/mol. The van der Waals surface area contributed by atoms with Crippen LogP contribution in [0.15, 0.2) is 30.3 Å². The summed E-state index contributed by atoms with van der Waals surface area (Å²) in [5.74, 6) is 0.754. The molecule has 3 rings (SSSR count). The zero-order valence-electron chi connectivity index (χ0n) is 13.2. The lowest BCUT2D eigenvalue weighted by atomic mass is 9.93. The van der Waals surface area contributed by atoms with Crippen LogP contribution in [-0.2, 0) is 0 Å². The third-order valence-corrected chi connectivity index (χ3v) is 4.75. The van der Waals surface area contributed by atoms with Crippen molar-refractivity contribution in [2.24, 2.45) is 5.92 Å². The van der Waals surface area contributed by atoms with Crippen LogP contribution in [0.25, 0.3) is 10.9 Å². The molecule has 0 amide bonds. The zero-order valence-corrected chi connectivity index (χ0v) is 13.2. The van der Waals surface area contributed by atoms with E-state index in [9.17, 15) is 0 Å². The molecule has 0 radical (unpaired) electrons. The molecule has 2 nitrogen and oxygen atoms in total. The predicted octanol–water partition coefficient (Wildman–Crippen LogP) is 4.77. The monoisotopic (exact) mass is 282 g/mol. The highest BCUT2D eigenvalue weighted by atomic mass is 14.9. The average Bonchev–Trinajstić information content (AvgIpc) is 3.02. The van der Waals surface area contributed by atoms with Gasteiger partial charge in [0.1, 0.15) is 0 Å². The Morgan fingerprint density at radius 1 is 1.24 bits per heavy atom. The van der Waals surface area contributed by atoms with Crippen molar-refractivity contribution in [3.8, 4) is 0 Å². The first-order chi connectivity index (χ1) is 10.3. The van der Waals surface area contributed by atoms with Gasteiger partial charge in [-0.25, -0.2) is 0 Å².